The largest absolute Gasteiger partial charge is 0.341 e. The molecule has 28 heavy (non-hydrogen) atoms. The molecule has 2 aromatic rings. The molecular formula is C19H29N7OS. The minimum atomic E-state index is -0.0548. The Balaban J connectivity index is 0.000000516. The molecule has 0 unspecified atom stereocenters. The number of aromatic nitrogens is 4. The van der Waals surface area contributed by atoms with Crippen molar-refractivity contribution in [2.45, 2.75) is 20.3 Å². The predicted molar refractivity (Wildman–Crippen MR) is 117 cm³/mol. The van der Waals surface area contributed by atoms with Crippen molar-refractivity contribution in [2.75, 3.05) is 60.6 Å². The molecule has 0 atom stereocenters. The average Bonchev–Trinajstić information content (AvgIpc) is 2.98. The Bertz CT molecular complexity index is 891. The molecule has 0 saturated carbocycles. The van der Waals surface area contributed by atoms with Gasteiger partial charge in [-0.3, -0.25) is 9.36 Å². The molecule has 0 bridgehead atoms. The Morgan fingerprint density at radius 2 is 1.75 bits per heavy atom. The molecule has 2 N–H and O–H groups in total. The van der Waals surface area contributed by atoms with Crippen LogP contribution < -0.4 is 20.7 Å². The van der Waals surface area contributed by atoms with Crippen LogP contribution in [-0.4, -0.2) is 70.3 Å². The van der Waals surface area contributed by atoms with Crippen molar-refractivity contribution in [1.29, 1.82) is 0 Å². The van der Waals surface area contributed by atoms with Crippen molar-refractivity contribution >= 4 is 34.8 Å². The van der Waals surface area contributed by atoms with E-state index in [9.17, 15) is 4.79 Å². The van der Waals surface area contributed by atoms with Crippen LogP contribution in [0.3, 0.4) is 0 Å². The molecule has 2 aliphatic heterocycles. The molecule has 8 nitrogen and oxygen atoms in total. The van der Waals surface area contributed by atoms with Crippen LogP contribution in [0.2, 0.25) is 0 Å². The minimum Gasteiger partial charge on any atom is -0.341 e. The van der Waals surface area contributed by atoms with E-state index in [-0.39, 0.29) is 5.56 Å². The maximum absolute atomic E-state index is 12.8. The fourth-order valence-corrected chi connectivity index (χ4v) is 4.15. The molecular weight excluding hydrogens is 374 g/mol. The van der Waals surface area contributed by atoms with Gasteiger partial charge in [-0.1, -0.05) is 0 Å². The second kappa shape index (κ2) is 9.85. The Labute approximate surface area is 170 Å². The van der Waals surface area contributed by atoms with Gasteiger partial charge in [0.1, 0.15) is 0 Å². The average molecular weight is 404 g/mol. The number of anilines is 2. The molecule has 4 rings (SSSR count). The first kappa shape index (κ1) is 20.6. The summed E-state index contributed by atoms with van der Waals surface area (Å²) >= 11 is 1.96. The number of fused-ring (bicyclic) bond motifs is 1. The predicted octanol–water partition coefficient (Wildman–Crippen LogP) is 1.04. The van der Waals surface area contributed by atoms with Gasteiger partial charge in [0.2, 0.25) is 11.9 Å². The van der Waals surface area contributed by atoms with E-state index in [1.807, 2.05) is 25.6 Å². The van der Waals surface area contributed by atoms with Gasteiger partial charge >= 0.3 is 0 Å². The van der Waals surface area contributed by atoms with Crippen LogP contribution in [0, 0.1) is 11.8 Å². The highest BCUT2D eigenvalue weighted by Gasteiger charge is 2.21. The minimum absolute atomic E-state index is 0.0548. The van der Waals surface area contributed by atoms with Gasteiger partial charge in [-0.05, 0) is 26.0 Å². The maximum Gasteiger partial charge on any atom is 0.280 e. The van der Waals surface area contributed by atoms with E-state index in [1.54, 1.807) is 11.6 Å². The van der Waals surface area contributed by atoms with Crippen LogP contribution in [0.1, 0.15) is 20.3 Å². The van der Waals surface area contributed by atoms with Crippen molar-refractivity contribution in [3.05, 3.63) is 10.4 Å². The first-order valence-corrected chi connectivity index (χ1v) is 10.9. The summed E-state index contributed by atoms with van der Waals surface area (Å²) in [5.74, 6) is 9.08. The van der Waals surface area contributed by atoms with Crippen LogP contribution in [0.4, 0.5) is 11.9 Å². The van der Waals surface area contributed by atoms with E-state index in [0.717, 1.165) is 63.3 Å². The molecule has 0 spiro atoms. The normalized spacial score (nSPS) is 17.4. The lowest BCUT2D eigenvalue weighted by atomic mass is 10.4. The zero-order chi connectivity index (χ0) is 19.9. The zero-order valence-electron chi connectivity index (χ0n) is 16.9. The van der Waals surface area contributed by atoms with Gasteiger partial charge in [0.15, 0.2) is 11.2 Å². The molecule has 2 saturated heterocycles. The highest BCUT2D eigenvalue weighted by Crippen LogP contribution is 2.19. The SMILES string of the molecule is CC#CC.Cn1c(N2CCCSCC2)nc2nc(N3CCNCC3)[nH]c2c1=O. The van der Waals surface area contributed by atoms with Crippen LogP contribution >= 0.6 is 11.8 Å². The third-order valence-corrected chi connectivity index (χ3v) is 5.92. The van der Waals surface area contributed by atoms with Gasteiger partial charge in [0, 0.05) is 52.1 Å². The number of hydrogen-bond acceptors (Lipinski definition) is 7. The summed E-state index contributed by atoms with van der Waals surface area (Å²) in [6, 6.07) is 0. The highest BCUT2D eigenvalue weighted by atomic mass is 32.2. The summed E-state index contributed by atoms with van der Waals surface area (Å²) in [5, 5.41) is 3.32. The number of nitrogens with one attached hydrogen (secondary N) is 2. The van der Waals surface area contributed by atoms with Crippen molar-refractivity contribution in [3.63, 3.8) is 0 Å². The molecule has 0 radical (unpaired) electrons. The topological polar surface area (TPSA) is 82.1 Å². The van der Waals surface area contributed by atoms with Crippen LogP contribution in [-0.2, 0) is 7.05 Å². The molecule has 152 valence electrons. The van der Waals surface area contributed by atoms with Gasteiger partial charge in [-0.25, -0.2) is 0 Å². The molecule has 0 aliphatic carbocycles. The summed E-state index contributed by atoms with van der Waals surface area (Å²) in [4.78, 5) is 29.6. The fourth-order valence-electron chi connectivity index (χ4n) is 3.27. The van der Waals surface area contributed by atoms with Crippen molar-refractivity contribution in [1.82, 2.24) is 24.8 Å². The number of nitrogens with zero attached hydrogens (tertiary/aromatic N) is 5. The van der Waals surface area contributed by atoms with E-state index in [4.69, 9.17) is 4.98 Å². The van der Waals surface area contributed by atoms with E-state index in [1.165, 1.54) is 5.75 Å². The van der Waals surface area contributed by atoms with Crippen LogP contribution in [0.5, 0.6) is 0 Å². The van der Waals surface area contributed by atoms with Gasteiger partial charge in [-0.2, -0.15) is 21.7 Å². The van der Waals surface area contributed by atoms with Crippen LogP contribution in [0.25, 0.3) is 11.2 Å². The Morgan fingerprint density at radius 1 is 1.00 bits per heavy atom. The Hall–Kier alpha value is -2.18. The molecule has 9 heteroatoms. The summed E-state index contributed by atoms with van der Waals surface area (Å²) in [6.07, 6.45) is 1.12. The van der Waals surface area contributed by atoms with E-state index in [2.05, 4.69) is 36.9 Å². The summed E-state index contributed by atoms with van der Waals surface area (Å²) in [6.45, 7) is 9.13. The number of H-pyrrole nitrogens is 1. The smallest absolute Gasteiger partial charge is 0.280 e. The van der Waals surface area contributed by atoms with Crippen LogP contribution in [0.15, 0.2) is 4.79 Å². The standard InChI is InChI=1S/C15H23N7OS.C4H6/c1-20-13(23)11-12(18-14(17-11)21-6-3-16-4-7-21)19-15(20)22-5-2-9-24-10-8-22;1-3-4-2/h16H,2-10H2,1H3,(H,17,18);1-2H3. The summed E-state index contributed by atoms with van der Waals surface area (Å²) in [7, 11) is 1.80. The maximum atomic E-state index is 12.8. The van der Waals surface area contributed by atoms with Gasteiger partial charge in [0.25, 0.3) is 5.56 Å². The van der Waals surface area contributed by atoms with Gasteiger partial charge in [0.05, 0.1) is 0 Å². The third-order valence-electron chi connectivity index (χ3n) is 4.87. The molecule has 4 heterocycles. The number of rotatable bonds is 2. The number of imidazole rings is 1. The van der Waals surface area contributed by atoms with Gasteiger partial charge in [-0.15, -0.1) is 11.8 Å². The Kier molecular flexibility index (Phi) is 7.23. The third kappa shape index (κ3) is 4.62. The first-order valence-electron chi connectivity index (χ1n) is 9.74. The van der Waals surface area contributed by atoms with Crippen molar-refractivity contribution in [2.24, 2.45) is 7.05 Å². The molecule has 2 aromatic heterocycles. The lowest BCUT2D eigenvalue weighted by molar-refractivity contribution is 0.582. The molecule has 2 fully saturated rings. The number of piperazine rings is 1. The molecule has 0 aromatic carbocycles. The highest BCUT2D eigenvalue weighted by molar-refractivity contribution is 7.99. The zero-order valence-corrected chi connectivity index (χ0v) is 17.7. The second-order valence-corrected chi connectivity index (χ2v) is 7.95. The lowest BCUT2D eigenvalue weighted by Gasteiger charge is -2.26. The quantitative estimate of drug-likeness (QED) is 0.725. The number of aromatic amines is 1. The molecule has 2 aliphatic rings. The number of hydrogen-bond donors (Lipinski definition) is 2. The van der Waals surface area contributed by atoms with E-state index >= 15 is 0 Å². The van der Waals surface area contributed by atoms with Crippen molar-refractivity contribution < 1.29 is 0 Å². The first-order chi connectivity index (χ1) is 13.7. The van der Waals surface area contributed by atoms with Crippen molar-refractivity contribution in [3.8, 4) is 11.8 Å². The summed E-state index contributed by atoms with van der Waals surface area (Å²) in [5.41, 5.74) is 0.971. The summed E-state index contributed by atoms with van der Waals surface area (Å²) < 4.78 is 1.65. The van der Waals surface area contributed by atoms with E-state index in [0.29, 0.717) is 11.2 Å². The Morgan fingerprint density at radius 3 is 2.46 bits per heavy atom. The number of thioether (sulfide) groups is 1. The second-order valence-electron chi connectivity index (χ2n) is 6.73. The fraction of sp³-hybridized carbons (Fsp3) is 0.632. The monoisotopic (exact) mass is 403 g/mol. The lowest BCUT2D eigenvalue weighted by Crippen LogP contribution is -2.44. The van der Waals surface area contributed by atoms with Gasteiger partial charge < -0.3 is 20.1 Å². The molecule has 0 amide bonds. The van der Waals surface area contributed by atoms with E-state index < -0.39 is 0 Å².